The van der Waals surface area contributed by atoms with Gasteiger partial charge in [0.15, 0.2) is 0 Å². The lowest BCUT2D eigenvalue weighted by Crippen LogP contribution is -2.49. The van der Waals surface area contributed by atoms with Gasteiger partial charge in [0.2, 0.25) is 0 Å². The van der Waals surface area contributed by atoms with Crippen molar-refractivity contribution >= 4 is 39.5 Å². The minimum Gasteiger partial charge on any atom is -0.495 e. The minimum absolute atomic E-state index is 0.0205. The first-order chi connectivity index (χ1) is 18.0. The number of benzene rings is 2. The Labute approximate surface area is 217 Å². The van der Waals surface area contributed by atoms with Gasteiger partial charge in [-0.1, -0.05) is 60.7 Å². The molecule has 0 saturated carbocycles. The van der Waals surface area contributed by atoms with E-state index in [4.69, 9.17) is 14.2 Å². The van der Waals surface area contributed by atoms with Gasteiger partial charge in [-0.25, -0.2) is 9.59 Å². The molecule has 1 unspecified atom stereocenters. The average molecular weight is 520 g/mol. The highest BCUT2D eigenvalue weighted by Gasteiger charge is 2.25. The van der Waals surface area contributed by atoms with Crippen molar-refractivity contribution in [2.24, 2.45) is 0 Å². The van der Waals surface area contributed by atoms with Crippen LogP contribution in [0, 0.1) is 0 Å². The number of hydrogen-bond donors (Lipinski definition) is 2. The monoisotopic (exact) mass is 519 g/mol. The van der Waals surface area contributed by atoms with Crippen LogP contribution in [0.4, 0.5) is 4.79 Å². The molecule has 0 saturated heterocycles. The number of amides is 2. The Kier molecular flexibility index (Phi) is 8.66. The van der Waals surface area contributed by atoms with E-state index >= 15 is 0 Å². The van der Waals surface area contributed by atoms with Gasteiger partial charge in [0.05, 0.1) is 22.2 Å². The Morgan fingerprint density at radius 1 is 0.919 bits per heavy atom. The average Bonchev–Trinajstić information content (AvgIpc) is 3.38. The Bertz CT molecular complexity index is 1360. The molecule has 10 heteroatoms. The first-order valence-electron chi connectivity index (χ1n) is 11.4. The summed E-state index contributed by atoms with van der Waals surface area (Å²) in [7, 11) is 1.54. The molecule has 2 heterocycles. The van der Waals surface area contributed by atoms with Crippen molar-refractivity contribution in [2.75, 3.05) is 13.7 Å². The molecule has 4 aromatic rings. The van der Waals surface area contributed by atoms with E-state index in [9.17, 15) is 14.4 Å². The van der Waals surface area contributed by atoms with Gasteiger partial charge in [0, 0.05) is 12.7 Å². The van der Waals surface area contributed by atoms with Crippen LogP contribution in [0.25, 0.3) is 10.2 Å². The highest BCUT2D eigenvalue weighted by molar-refractivity contribution is 7.21. The highest BCUT2D eigenvalue weighted by Crippen LogP contribution is 2.31. The summed E-state index contributed by atoms with van der Waals surface area (Å²) in [6.07, 6.45) is 0.787. The number of thiophene rings is 1. The first kappa shape index (κ1) is 25.6. The number of fused-ring (bicyclic) bond motifs is 1. The lowest BCUT2D eigenvalue weighted by atomic mass is 10.2. The van der Waals surface area contributed by atoms with Gasteiger partial charge in [-0.05, 0) is 23.3 Å². The summed E-state index contributed by atoms with van der Waals surface area (Å²) in [6, 6.07) is 20.5. The van der Waals surface area contributed by atoms with Gasteiger partial charge in [0.1, 0.15) is 25.0 Å². The smallest absolute Gasteiger partial charge is 0.408 e. The maximum Gasteiger partial charge on any atom is 0.408 e. The van der Waals surface area contributed by atoms with Gasteiger partial charge in [-0.2, -0.15) is 0 Å². The number of nitrogens with one attached hydrogen (secondary N) is 2. The molecule has 2 aromatic heterocycles. The maximum atomic E-state index is 12.9. The molecular formula is C27H25N3O6S. The topological polar surface area (TPSA) is 116 Å². The van der Waals surface area contributed by atoms with Crippen LogP contribution >= 0.6 is 11.3 Å². The van der Waals surface area contributed by atoms with Gasteiger partial charge >= 0.3 is 12.1 Å². The Hall–Kier alpha value is -4.44. The van der Waals surface area contributed by atoms with Crippen LogP contribution in [0.15, 0.2) is 79.0 Å². The molecule has 9 nitrogen and oxygen atoms in total. The molecule has 37 heavy (non-hydrogen) atoms. The van der Waals surface area contributed by atoms with Crippen molar-refractivity contribution in [3.63, 3.8) is 0 Å². The fourth-order valence-electron chi connectivity index (χ4n) is 3.40. The molecule has 0 bridgehead atoms. The second kappa shape index (κ2) is 12.5. The second-order valence-electron chi connectivity index (χ2n) is 7.90. The summed E-state index contributed by atoms with van der Waals surface area (Å²) in [6.45, 7) is -0.153. The molecular weight excluding hydrogens is 494 g/mol. The van der Waals surface area contributed by atoms with Crippen molar-refractivity contribution in [3.8, 4) is 5.75 Å². The number of aromatic nitrogens is 1. The Morgan fingerprint density at radius 2 is 1.57 bits per heavy atom. The summed E-state index contributed by atoms with van der Waals surface area (Å²) in [5, 5.41) is 5.18. The van der Waals surface area contributed by atoms with E-state index in [1.807, 2.05) is 60.7 Å². The number of alkyl carbamates (subject to hydrolysis) is 1. The van der Waals surface area contributed by atoms with Crippen molar-refractivity contribution in [1.82, 2.24) is 15.6 Å². The SMILES string of the molecule is COc1ccnc2cc(C(=O)NCC(NC(=O)OCc3ccccc3)C(=O)OCc3ccccc3)sc12. The van der Waals surface area contributed by atoms with Gasteiger partial charge in [0.25, 0.3) is 5.91 Å². The third kappa shape index (κ3) is 7.05. The van der Waals surface area contributed by atoms with Crippen LogP contribution < -0.4 is 15.4 Å². The van der Waals surface area contributed by atoms with Gasteiger partial charge in [-0.15, -0.1) is 11.3 Å². The molecule has 1 atom stereocenters. The number of carbonyl (C=O) groups is 3. The third-order valence-corrected chi connectivity index (χ3v) is 6.44. The molecule has 0 spiro atoms. The molecule has 0 aliphatic heterocycles. The van der Waals surface area contributed by atoms with E-state index in [-0.39, 0.29) is 19.8 Å². The molecule has 0 fully saturated rings. The van der Waals surface area contributed by atoms with Crippen molar-refractivity contribution in [3.05, 3.63) is 95.0 Å². The lowest BCUT2D eigenvalue weighted by Gasteiger charge is -2.18. The summed E-state index contributed by atoms with van der Waals surface area (Å²) < 4.78 is 16.7. The molecule has 0 aliphatic rings. The number of carbonyl (C=O) groups excluding carboxylic acids is 3. The zero-order valence-electron chi connectivity index (χ0n) is 20.0. The molecule has 2 N–H and O–H groups in total. The molecule has 0 radical (unpaired) electrons. The number of nitrogens with zero attached hydrogens (tertiary/aromatic N) is 1. The van der Waals surface area contributed by atoms with E-state index in [1.165, 1.54) is 11.3 Å². The normalized spacial score (nSPS) is 11.4. The van der Waals surface area contributed by atoms with Crippen LogP contribution in [-0.2, 0) is 27.5 Å². The van der Waals surface area contributed by atoms with Gasteiger partial charge in [-0.3, -0.25) is 9.78 Å². The van der Waals surface area contributed by atoms with E-state index in [0.717, 1.165) is 15.8 Å². The van der Waals surface area contributed by atoms with Crippen LogP contribution in [0.5, 0.6) is 5.75 Å². The number of ether oxygens (including phenoxy) is 3. The van der Waals surface area contributed by atoms with Gasteiger partial charge < -0.3 is 24.8 Å². The van der Waals surface area contributed by atoms with Crippen LogP contribution in [0.1, 0.15) is 20.8 Å². The van der Waals surface area contributed by atoms with Crippen molar-refractivity contribution in [1.29, 1.82) is 0 Å². The standard InChI is InChI=1S/C27H25N3O6S/c1-34-22-12-13-28-20-14-23(37-24(20)22)25(31)29-15-21(26(32)35-16-18-8-4-2-5-9-18)30-27(33)36-17-19-10-6-3-7-11-19/h2-14,21H,15-17H2,1H3,(H,29,31)(H,30,33). The highest BCUT2D eigenvalue weighted by atomic mass is 32.1. The van der Waals surface area contributed by atoms with Crippen LogP contribution in [-0.4, -0.2) is 42.7 Å². The largest absolute Gasteiger partial charge is 0.495 e. The number of methoxy groups -OCH3 is 1. The summed E-state index contributed by atoms with van der Waals surface area (Å²) >= 11 is 1.22. The summed E-state index contributed by atoms with van der Waals surface area (Å²) in [5.41, 5.74) is 2.20. The summed E-state index contributed by atoms with van der Waals surface area (Å²) in [4.78, 5) is 42.8. The second-order valence-corrected chi connectivity index (χ2v) is 8.95. The van der Waals surface area contributed by atoms with E-state index in [2.05, 4.69) is 15.6 Å². The molecule has 0 aliphatic carbocycles. The molecule has 190 valence electrons. The third-order valence-electron chi connectivity index (χ3n) is 5.30. The number of pyridine rings is 1. The summed E-state index contributed by atoms with van der Waals surface area (Å²) in [5.74, 6) is -0.523. The van der Waals surface area contributed by atoms with E-state index in [0.29, 0.717) is 16.1 Å². The Morgan fingerprint density at radius 3 is 2.22 bits per heavy atom. The quantitative estimate of drug-likeness (QED) is 0.304. The Balaban J connectivity index is 1.40. The first-order valence-corrected chi connectivity index (χ1v) is 12.2. The molecule has 2 aromatic carbocycles. The van der Waals surface area contributed by atoms with E-state index < -0.39 is 24.0 Å². The number of esters is 1. The van der Waals surface area contributed by atoms with E-state index in [1.54, 1.807) is 25.4 Å². The minimum atomic E-state index is -1.17. The van der Waals surface area contributed by atoms with Crippen LogP contribution in [0.3, 0.4) is 0 Å². The zero-order chi connectivity index (χ0) is 26.0. The fraction of sp³-hybridized carbons (Fsp3) is 0.185. The van der Waals surface area contributed by atoms with Crippen molar-refractivity contribution < 1.29 is 28.6 Å². The molecule has 2 amide bonds. The fourth-order valence-corrected chi connectivity index (χ4v) is 4.42. The number of hydrogen-bond acceptors (Lipinski definition) is 8. The maximum absolute atomic E-state index is 12.9. The predicted molar refractivity (Wildman–Crippen MR) is 138 cm³/mol. The van der Waals surface area contributed by atoms with Crippen LogP contribution in [0.2, 0.25) is 0 Å². The van der Waals surface area contributed by atoms with Crippen molar-refractivity contribution in [2.45, 2.75) is 19.3 Å². The molecule has 4 rings (SSSR count). The number of rotatable bonds is 10. The lowest BCUT2D eigenvalue weighted by molar-refractivity contribution is -0.147. The zero-order valence-corrected chi connectivity index (χ0v) is 20.8. The predicted octanol–water partition coefficient (Wildman–Crippen LogP) is 4.07.